The highest BCUT2D eigenvalue weighted by Gasteiger charge is 2.41. The molecule has 0 radical (unpaired) electrons. The molecule has 1 heterocycles. The highest BCUT2D eigenvalue weighted by molar-refractivity contribution is 9.09. The highest BCUT2D eigenvalue weighted by Crippen LogP contribution is 2.30. The van der Waals surface area contributed by atoms with Crippen molar-refractivity contribution in [1.82, 2.24) is 5.32 Å². The molecule has 0 saturated carbocycles. The maximum absolute atomic E-state index is 5.97. The van der Waals surface area contributed by atoms with E-state index < -0.39 is 5.79 Å². The Morgan fingerprint density at radius 1 is 1.50 bits per heavy atom. The number of rotatable bonds is 3. The van der Waals surface area contributed by atoms with Crippen molar-refractivity contribution < 1.29 is 9.47 Å². The molecule has 0 bridgehead atoms. The lowest BCUT2D eigenvalue weighted by Gasteiger charge is -2.40. The van der Waals surface area contributed by atoms with Gasteiger partial charge in [-0.2, -0.15) is 0 Å². The van der Waals surface area contributed by atoms with E-state index in [0.29, 0.717) is 6.61 Å². The normalized spacial score (nSPS) is 30.0. The molecule has 1 aromatic carbocycles. The average Bonchev–Trinajstić information content (AvgIpc) is 2.34. The summed E-state index contributed by atoms with van der Waals surface area (Å²) in [5.74, 6) is 0.220. The van der Waals surface area contributed by atoms with E-state index in [1.807, 2.05) is 30.3 Å². The van der Waals surface area contributed by atoms with Crippen LogP contribution in [0.15, 0.2) is 30.3 Å². The van der Waals surface area contributed by atoms with Gasteiger partial charge in [0.05, 0.1) is 6.61 Å². The zero-order valence-corrected chi connectivity index (χ0v) is 10.9. The lowest BCUT2D eigenvalue weighted by Crippen LogP contribution is -2.58. The van der Waals surface area contributed by atoms with Crippen molar-refractivity contribution in [3.8, 4) is 5.75 Å². The second kappa shape index (κ2) is 5.17. The Balaban J connectivity index is 2.15. The smallest absolute Gasteiger partial charge is 0.235 e. The van der Waals surface area contributed by atoms with Gasteiger partial charge in [0.1, 0.15) is 10.7 Å². The number of ether oxygens (including phenoxy) is 2. The molecule has 1 aliphatic rings. The summed E-state index contributed by atoms with van der Waals surface area (Å²) in [6.07, 6.45) is 0.783. The van der Waals surface area contributed by atoms with Gasteiger partial charge in [-0.05, 0) is 12.1 Å². The molecule has 2 unspecified atom stereocenters. The summed E-state index contributed by atoms with van der Waals surface area (Å²) in [4.78, 5) is 0.0129. The van der Waals surface area contributed by atoms with Crippen LogP contribution in [0.25, 0.3) is 0 Å². The predicted molar refractivity (Wildman–Crippen MR) is 66.8 cm³/mol. The molecule has 3 nitrogen and oxygen atoms in total. The Morgan fingerprint density at radius 2 is 2.25 bits per heavy atom. The fraction of sp³-hybridized carbons (Fsp3) is 0.500. The van der Waals surface area contributed by atoms with E-state index in [-0.39, 0.29) is 4.95 Å². The maximum atomic E-state index is 5.97. The zero-order chi connectivity index (χ0) is 11.4. The minimum absolute atomic E-state index is 0.0129. The van der Waals surface area contributed by atoms with E-state index in [9.17, 15) is 0 Å². The van der Waals surface area contributed by atoms with Crippen LogP contribution in [-0.4, -0.2) is 23.9 Å². The van der Waals surface area contributed by atoms with Crippen molar-refractivity contribution in [3.05, 3.63) is 30.3 Å². The number of nitrogens with one attached hydrogen (secondary N) is 1. The summed E-state index contributed by atoms with van der Waals surface area (Å²) in [5, 5.41) is 3.31. The van der Waals surface area contributed by atoms with Crippen LogP contribution in [0, 0.1) is 0 Å². The summed E-state index contributed by atoms with van der Waals surface area (Å²) in [7, 11) is 0. The standard InChI is InChI=1S/C12H16BrNO2/c1-2-12(11(13)14-8-9-15-12)16-10-6-4-3-5-7-10/h3-7,11,14H,2,8-9H2,1H3. The molecule has 1 N–H and O–H groups in total. The Hall–Kier alpha value is -0.580. The van der Waals surface area contributed by atoms with E-state index in [2.05, 4.69) is 28.2 Å². The summed E-state index contributed by atoms with van der Waals surface area (Å²) < 4.78 is 11.8. The Morgan fingerprint density at radius 3 is 2.88 bits per heavy atom. The number of hydrogen-bond donors (Lipinski definition) is 1. The molecule has 16 heavy (non-hydrogen) atoms. The van der Waals surface area contributed by atoms with Crippen molar-refractivity contribution in [2.45, 2.75) is 24.1 Å². The first-order chi connectivity index (χ1) is 7.77. The molecule has 0 aliphatic carbocycles. The second-order valence-electron chi connectivity index (χ2n) is 3.75. The van der Waals surface area contributed by atoms with Crippen molar-refractivity contribution in [3.63, 3.8) is 0 Å². The number of para-hydroxylation sites is 1. The molecule has 0 spiro atoms. The lowest BCUT2D eigenvalue weighted by atomic mass is 10.2. The molecule has 4 heteroatoms. The SMILES string of the molecule is CCC1(Oc2ccccc2)OCCNC1Br. The van der Waals surface area contributed by atoms with Crippen LogP contribution in [-0.2, 0) is 4.74 Å². The van der Waals surface area contributed by atoms with E-state index in [4.69, 9.17) is 9.47 Å². The molecule has 88 valence electrons. The topological polar surface area (TPSA) is 30.5 Å². The highest BCUT2D eigenvalue weighted by atomic mass is 79.9. The predicted octanol–water partition coefficient (Wildman–Crippen LogP) is 2.51. The van der Waals surface area contributed by atoms with Gasteiger partial charge in [0, 0.05) is 13.0 Å². The van der Waals surface area contributed by atoms with E-state index in [1.165, 1.54) is 0 Å². The van der Waals surface area contributed by atoms with Gasteiger partial charge in [0.25, 0.3) is 0 Å². The molecule has 0 amide bonds. The van der Waals surface area contributed by atoms with Crippen molar-refractivity contribution in [2.24, 2.45) is 0 Å². The molecular formula is C12H16BrNO2. The molecule has 2 atom stereocenters. The van der Waals surface area contributed by atoms with E-state index >= 15 is 0 Å². The molecule has 1 saturated heterocycles. The van der Waals surface area contributed by atoms with Gasteiger partial charge in [-0.1, -0.05) is 41.1 Å². The number of benzene rings is 1. The number of halogens is 1. The monoisotopic (exact) mass is 285 g/mol. The average molecular weight is 286 g/mol. The van der Waals surface area contributed by atoms with Crippen molar-refractivity contribution >= 4 is 15.9 Å². The van der Waals surface area contributed by atoms with Gasteiger partial charge in [-0.3, -0.25) is 5.32 Å². The minimum atomic E-state index is -0.612. The Labute approximate surface area is 104 Å². The van der Waals surface area contributed by atoms with Gasteiger partial charge in [0.15, 0.2) is 0 Å². The summed E-state index contributed by atoms with van der Waals surface area (Å²) in [6.45, 7) is 3.57. The molecule has 0 aromatic heterocycles. The first-order valence-electron chi connectivity index (χ1n) is 5.52. The van der Waals surface area contributed by atoms with Crippen molar-refractivity contribution in [2.75, 3.05) is 13.2 Å². The quantitative estimate of drug-likeness (QED) is 0.684. The van der Waals surface area contributed by atoms with Gasteiger partial charge in [-0.25, -0.2) is 0 Å². The number of morpholine rings is 1. The fourth-order valence-corrected chi connectivity index (χ4v) is 2.54. The summed E-state index contributed by atoms with van der Waals surface area (Å²) in [5.41, 5.74) is 0. The third-order valence-electron chi connectivity index (χ3n) is 2.68. The van der Waals surface area contributed by atoms with Gasteiger partial charge in [-0.15, -0.1) is 0 Å². The van der Waals surface area contributed by atoms with E-state index in [1.54, 1.807) is 0 Å². The number of hydrogen-bond acceptors (Lipinski definition) is 3. The van der Waals surface area contributed by atoms with Crippen LogP contribution in [0.1, 0.15) is 13.3 Å². The summed E-state index contributed by atoms with van der Waals surface area (Å²) in [6, 6.07) is 9.76. The molecule has 1 aromatic rings. The zero-order valence-electron chi connectivity index (χ0n) is 9.28. The number of alkyl halides is 1. The fourth-order valence-electron chi connectivity index (χ4n) is 1.76. The van der Waals surface area contributed by atoms with Crippen LogP contribution in [0.5, 0.6) is 5.75 Å². The molecular weight excluding hydrogens is 270 g/mol. The van der Waals surface area contributed by atoms with Crippen LogP contribution in [0.2, 0.25) is 0 Å². The van der Waals surface area contributed by atoms with E-state index in [0.717, 1.165) is 18.7 Å². The van der Waals surface area contributed by atoms with Gasteiger partial charge >= 0.3 is 0 Å². The largest absolute Gasteiger partial charge is 0.460 e. The Bertz CT molecular complexity index is 333. The lowest BCUT2D eigenvalue weighted by molar-refractivity contribution is -0.203. The third-order valence-corrected chi connectivity index (χ3v) is 3.71. The third kappa shape index (κ3) is 2.39. The first-order valence-corrected chi connectivity index (χ1v) is 6.44. The van der Waals surface area contributed by atoms with Crippen LogP contribution in [0.4, 0.5) is 0 Å². The molecule has 2 rings (SSSR count). The van der Waals surface area contributed by atoms with Gasteiger partial charge in [0.2, 0.25) is 5.79 Å². The second-order valence-corrected chi connectivity index (χ2v) is 4.66. The van der Waals surface area contributed by atoms with Crippen LogP contribution >= 0.6 is 15.9 Å². The van der Waals surface area contributed by atoms with Crippen LogP contribution < -0.4 is 10.1 Å². The van der Waals surface area contributed by atoms with Crippen molar-refractivity contribution in [1.29, 1.82) is 0 Å². The molecule has 1 fully saturated rings. The van der Waals surface area contributed by atoms with Crippen LogP contribution in [0.3, 0.4) is 0 Å². The Kier molecular flexibility index (Phi) is 3.84. The first kappa shape index (κ1) is 11.9. The molecule has 1 aliphatic heterocycles. The summed E-state index contributed by atoms with van der Waals surface area (Å²) >= 11 is 3.57. The van der Waals surface area contributed by atoms with Gasteiger partial charge < -0.3 is 9.47 Å². The maximum Gasteiger partial charge on any atom is 0.235 e. The minimum Gasteiger partial charge on any atom is -0.460 e.